The van der Waals surface area contributed by atoms with Gasteiger partial charge in [0.2, 0.25) is 0 Å². The van der Waals surface area contributed by atoms with Gasteiger partial charge in [-0.15, -0.1) is 0 Å². The summed E-state index contributed by atoms with van der Waals surface area (Å²) in [6, 6.07) is 5.40. The molecular weight excluding hydrogens is 421 g/mol. The summed E-state index contributed by atoms with van der Waals surface area (Å²) < 4.78 is 54.8. The number of ether oxygens (including phenoxy) is 2. The third-order valence-electron chi connectivity index (χ3n) is 4.28. The van der Waals surface area contributed by atoms with Crippen LogP contribution in [0.15, 0.2) is 58.3 Å². The van der Waals surface area contributed by atoms with Gasteiger partial charge in [-0.1, -0.05) is 12.1 Å². The number of amides is 2. The van der Waals surface area contributed by atoms with Crippen LogP contribution >= 0.6 is 0 Å². The molecule has 164 valence electrons. The zero-order valence-electron chi connectivity index (χ0n) is 16.1. The van der Waals surface area contributed by atoms with Crippen LogP contribution in [0, 0.1) is 0 Å². The van der Waals surface area contributed by atoms with E-state index in [0.717, 1.165) is 18.2 Å². The highest BCUT2D eigenvalue weighted by Gasteiger charge is 2.37. The minimum Gasteiger partial charge on any atom is -0.467 e. The molecule has 0 aliphatic carbocycles. The quantitative estimate of drug-likeness (QED) is 0.670. The minimum atomic E-state index is -4.77. The number of hydrogen-bond donors (Lipinski definition) is 2. The second-order valence-electron chi connectivity index (χ2n) is 6.28. The first-order valence-electron chi connectivity index (χ1n) is 9.06. The number of carbonyl (C=O) groups is 3. The summed E-state index contributed by atoms with van der Waals surface area (Å²) >= 11 is 0. The number of furan rings is 1. The summed E-state index contributed by atoms with van der Waals surface area (Å²) in [6.07, 6.45) is -3.43. The molecule has 2 heterocycles. The van der Waals surface area contributed by atoms with Crippen molar-refractivity contribution in [2.24, 2.45) is 0 Å². The van der Waals surface area contributed by atoms with E-state index in [1.165, 1.54) is 18.4 Å². The Morgan fingerprint density at radius 3 is 2.48 bits per heavy atom. The molecule has 1 aromatic heterocycles. The average Bonchev–Trinajstić information content (AvgIpc) is 3.26. The lowest BCUT2D eigenvalue weighted by atomic mass is 10.0. The van der Waals surface area contributed by atoms with Crippen molar-refractivity contribution in [1.82, 2.24) is 10.6 Å². The van der Waals surface area contributed by atoms with E-state index in [1.54, 1.807) is 13.0 Å². The van der Waals surface area contributed by atoms with Crippen molar-refractivity contribution in [3.05, 3.63) is 70.8 Å². The summed E-state index contributed by atoms with van der Waals surface area (Å²) in [6.45, 7) is 0.917. The molecule has 2 aromatic rings. The van der Waals surface area contributed by atoms with E-state index in [0.29, 0.717) is 0 Å². The van der Waals surface area contributed by atoms with Crippen LogP contribution in [0.5, 0.6) is 0 Å². The molecule has 0 bridgehead atoms. The van der Waals surface area contributed by atoms with Gasteiger partial charge < -0.3 is 24.5 Å². The van der Waals surface area contributed by atoms with Gasteiger partial charge in [0.25, 0.3) is 0 Å². The van der Waals surface area contributed by atoms with Gasteiger partial charge in [-0.2, -0.15) is 13.2 Å². The van der Waals surface area contributed by atoms with Gasteiger partial charge >= 0.3 is 24.1 Å². The monoisotopic (exact) mass is 438 g/mol. The second kappa shape index (κ2) is 8.94. The molecule has 0 spiro atoms. The molecule has 11 heteroatoms. The summed E-state index contributed by atoms with van der Waals surface area (Å²) in [7, 11) is 0. The van der Waals surface area contributed by atoms with Crippen molar-refractivity contribution in [1.29, 1.82) is 0 Å². The minimum absolute atomic E-state index is 0.0210. The number of benzene rings is 1. The number of rotatable bonds is 6. The van der Waals surface area contributed by atoms with Gasteiger partial charge in [-0.25, -0.2) is 14.4 Å². The maximum atomic E-state index is 13.2. The van der Waals surface area contributed by atoms with Gasteiger partial charge in [-0.05, 0) is 31.2 Å². The smallest absolute Gasteiger partial charge is 0.417 e. The molecule has 0 saturated heterocycles. The SMILES string of the molecule is CCOC(=O)C1=C(COC(=O)c2ccccc2C(F)(F)F)NC(=O)N[C@H]1c1ccco1. The summed E-state index contributed by atoms with van der Waals surface area (Å²) in [4.78, 5) is 36.9. The van der Waals surface area contributed by atoms with Crippen LogP contribution in [0.25, 0.3) is 0 Å². The van der Waals surface area contributed by atoms with Gasteiger partial charge in [-0.3, -0.25) is 0 Å². The number of hydrogen-bond acceptors (Lipinski definition) is 6. The zero-order chi connectivity index (χ0) is 22.6. The highest BCUT2D eigenvalue weighted by atomic mass is 19.4. The van der Waals surface area contributed by atoms with Gasteiger partial charge in [0.05, 0.1) is 35.3 Å². The zero-order valence-corrected chi connectivity index (χ0v) is 16.1. The van der Waals surface area contributed by atoms with Crippen LogP contribution in [-0.4, -0.2) is 31.2 Å². The second-order valence-corrected chi connectivity index (χ2v) is 6.28. The first-order valence-corrected chi connectivity index (χ1v) is 9.06. The van der Waals surface area contributed by atoms with E-state index in [9.17, 15) is 27.6 Å². The largest absolute Gasteiger partial charge is 0.467 e. The number of halogens is 3. The van der Waals surface area contributed by atoms with Crippen molar-refractivity contribution < 1.29 is 41.4 Å². The lowest BCUT2D eigenvalue weighted by molar-refractivity contribution is -0.139. The summed E-state index contributed by atoms with van der Waals surface area (Å²) in [5.74, 6) is -1.88. The fourth-order valence-corrected chi connectivity index (χ4v) is 2.97. The molecule has 0 fully saturated rings. The molecule has 0 radical (unpaired) electrons. The predicted octanol–water partition coefficient (Wildman–Crippen LogP) is 3.33. The Bertz CT molecular complexity index is 1010. The summed E-state index contributed by atoms with van der Waals surface area (Å²) in [5, 5.41) is 4.83. The maximum absolute atomic E-state index is 13.2. The predicted molar refractivity (Wildman–Crippen MR) is 98.5 cm³/mol. The molecule has 1 aromatic carbocycles. The fourth-order valence-electron chi connectivity index (χ4n) is 2.97. The number of urea groups is 1. The van der Waals surface area contributed by atoms with Crippen molar-refractivity contribution in [2.75, 3.05) is 13.2 Å². The maximum Gasteiger partial charge on any atom is 0.417 e. The topological polar surface area (TPSA) is 107 Å². The van der Waals surface area contributed by atoms with Crippen LogP contribution in [0.1, 0.15) is 34.6 Å². The van der Waals surface area contributed by atoms with Crippen molar-refractivity contribution in [3.63, 3.8) is 0 Å². The molecule has 0 unspecified atom stereocenters. The van der Waals surface area contributed by atoms with Crippen molar-refractivity contribution >= 4 is 18.0 Å². The molecular formula is C20H17F3N2O6. The average molecular weight is 438 g/mol. The first kappa shape index (κ1) is 21.9. The Hall–Kier alpha value is -3.76. The van der Waals surface area contributed by atoms with E-state index in [-0.39, 0.29) is 23.6 Å². The molecule has 3 rings (SSSR count). The number of nitrogens with one attached hydrogen (secondary N) is 2. The highest BCUT2D eigenvalue weighted by molar-refractivity contribution is 5.95. The first-order chi connectivity index (χ1) is 14.7. The highest BCUT2D eigenvalue weighted by Crippen LogP contribution is 2.32. The van der Waals surface area contributed by atoms with E-state index >= 15 is 0 Å². The summed E-state index contributed by atoms with van der Waals surface area (Å²) in [5.41, 5.74) is -2.10. The normalized spacial score (nSPS) is 16.4. The van der Waals surface area contributed by atoms with E-state index in [4.69, 9.17) is 13.9 Å². The third kappa shape index (κ3) is 4.87. The van der Waals surface area contributed by atoms with Crippen LogP contribution in [0.4, 0.5) is 18.0 Å². The Kier molecular flexibility index (Phi) is 6.33. The Balaban J connectivity index is 1.92. The van der Waals surface area contributed by atoms with Crippen LogP contribution in [0.3, 0.4) is 0 Å². The Morgan fingerprint density at radius 2 is 1.84 bits per heavy atom. The van der Waals surface area contributed by atoms with E-state index in [1.807, 2.05) is 0 Å². The molecule has 8 nitrogen and oxygen atoms in total. The standard InChI is InChI=1S/C20H17F3N2O6/c1-2-29-18(27)15-13(24-19(28)25-16(15)14-8-5-9-30-14)10-31-17(26)11-6-3-4-7-12(11)20(21,22)23/h3-9,16H,2,10H2,1H3,(H2,24,25,28)/t16-/m0/s1. The third-order valence-corrected chi connectivity index (χ3v) is 4.28. The molecule has 2 amide bonds. The Labute approximate surface area is 174 Å². The molecule has 1 aliphatic rings. The number of esters is 2. The fraction of sp³-hybridized carbons (Fsp3) is 0.250. The molecule has 0 saturated carbocycles. The van der Waals surface area contributed by atoms with Crippen LogP contribution in [-0.2, 0) is 20.4 Å². The molecule has 1 aliphatic heterocycles. The lowest BCUT2D eigenvalue weighted by Gasteiger charge is -2.27. The van der Waals surface area contributed by atoms with E-state index < -0.39 is 47.9 Å². The Morgan fingerprint density at radius 1 is 1.10 bits per heavy atom. The van der Waals surface area contributed by atoms with E-state index in [2.05, 4.69) is 10.6 Å². The van der Waals surface area contributed by atoms with Crippen molar-refractivity contribution in [2.45, 2.75) is 19.1 Å². The lowest BCUT2D eigenvalue weighted by Crippen LogP contribution is -2.47. The van der Waals surface area contributed by atoms with Crippen LogP contribution in [0.2, 0.25) is 0 Å². The molecule has 1 atom stereocenters. The molecule has 2 N–H and O–H groups in total. The van der Waals surface area contributed by atoms with Gasteiger partial charge in [0.15, 0.2) is 0 Å². The number of carbonyl (C=O) groups excluding carboxylic acids is 3. The van der Waals surface area contributed by atoms with Crippen LogP contribution < -0.4 is 10.6 Å². The van der Waals surface area contributed by atoms with Gasteiger partial charge in [0.1, 0.15) is 18.4 Å². The van der Waals surface area contributed by atoms with Gasteiger partial charge in [0, 0.05) is 0 Å². The van der Waals surface area contributed by atoms with Crippen molar-refractivity contribution in [3.8, 4) is 0 Å². The number of alkyl halides is 3. The molecule has 31 heavy (non-hydrogen) atoms.